The second-order valence-electron chi connectivity index (χ2n) is 5.33. The monoisotopic (exact) mass is 234 g/mol. The predicted octanol–water partition coefficient (Wildman–Crippen LogP) is 1.17. The first-order valence-corrected chi connectivity index (χ1v) is 6.86. The van der Waals surface area contributed by atoms with Crippen LogP contribution in [0.2, 0.25) is 0 Å². The number of hydrogen-bond donors (Lipinski definition) is 2. The van der Waals surface area contributed by atoms with Gasteiger partial charge in [0.15, 0.2) is 0 Å². The van der Waals surface area contributed by atoms with Gasteiger partial charge in [0.25, 0.3) is 0 Å². The number of H-pyrrole nitrogens is 1. The molecule has 2 saturated heterocycles. The highest BCUT2D eigenvalue weighted by Crippen LogP contribution is 2.26. The van der Waals surface area contributed by atoms with Gasteiger partial charge in [0.05, 0.1) is 6.33 Å². The predicted molar refractivity (Wildman–Crippen MR) is 67.9 cm³/mol. The van der Waals surface area contributed by atoms with Crippen molar-refractivity contribution in [1.82, 2.24) is 20.2 Å². The summed E-state index contributed by atoms with van der Waals surface area (Å²) >= 11 is 0. The lowest BCUT2D eigenvalue weighted by molar-refractivity contribution is 0.167. The number of imidazole rings is 1. The highest BCUT2D eigenvalue weighted by Gasteiger charge is 2.31. The van der Waals surface area contributed by atoms with Crippen LogP contribution in [0.1, 0.15) is 31.4 Å². The summed E-state index contributed by atoms with van der Waals surface area (Å²) in [5, 5.41) is 3.70. The van der Waals surface area contributed by atoms with E-state index in [0.717, 1.165) is 25.0 Å². The molecule has 0 spiro atoms. The van der Waals surface area contributed by atoms with Crippen molar-refractivity contribution in [3.63, 3.8) is 0 Å². The molecule has 3 rings (SSSR count). The van der Waals surface area contributed by atoms with Crippen molar-refractivity contribution in [3.05, 3.63) is 18.2 Å². The number of nitrogens with one attached hydrogen (secondary N) is 2. The number of aromatic amines is 1. The molecule has 0 bridgehead atoms. The minimum atomic E-state index is 0.734. The molecular weight excluding hydrogens is 212 g/mol. The van der Waals surface area contributed by atoms with Crippen molar-refractivity contribution < 1.29 is 0 Å². The van der Waals surface area contributed by atoms with Crippen molar-refractivity contribution >= 4 is 0 Å². The summed E-state index contributed by atoms with van der Waals surface area (Å²) in [5.41, 5.74) is 1.23. The van der Waals surface area contributed by atoms with Gasteiger partial charge in [-0.2, -0.15) is 0 Å². The highest BCUT2D eigenvalue weighted by molar-refractivity contribution is 4.95. The Morgan fingerprint density at radius 1 is 1.41 bits per heavy atom. The number of fused-ring (bicyclic) bond motifs is 1. The number of rotatable bonds is 4. The minimum Gasteiger partial charge on any atom is -0.348 e. The Morgan fingerprint density at radius 3 is 3.29 bits per heavy atom. The number of piperidine rings is 1. The molecule has 0 aromatic carbocycles. The van der Waals surface area contributed by atoms with Gasteiger partial charge in [-0.1, -0.05) is 0 Å². The summed E-state index contributed by atoms with van der Waals surface area (Å²) in [7, 11) is 0. The summed E-state index contributed by atoms with van der Waals surface area (Å²) in [6, 6.07) is 1.60. The third-order valence-corrected chi connectivity index (χ3v) is 4.20. The molecule has 0 aliphatic carbocycles. The first kappa shape index (κ1) is 11.2. The Hall–Kier alpha value is -0.870. The van der Waals surface area contributed by atoms with Crippen LogP contribution in [0.5, 0.6) is 0 Å². The number of nitrogens with zero attached hydrogens (tertiary/aromatic N) is 2. The summed E-state index contributed by atoms with van der Waals surface area (Å²) < 4.78 is 0. The van der Waals surface area contributed by atoms with Crippen LogP contribution in [-0.2, 0) is 6.42 Å². The molecule has 0 radical (unpaired) electrons. The normalized spacial score (nSPS) is 29.4. The zero-order valence-corrected chi connectivity index (χ0v) is 10.4. The molecule has 2 aliphatic rings. The molecule has 0 saturated carbocycles. The van der Waals surface area contributed by atoms with Crippen LogP contribution in [0.15, 0.2) is 12.5 Å². The molecule has 3 heterocycles. The maximum atomic E-state index is 4.04. The van der Waals surface area contributed by atoms with Gasteiger partial charge in [-0.15, -0.1) is 0 Å². The van der Waals surface area contributed by atoms with E-state index in [1.807, 2.05) is 6.20 Å². The fourth-order valence-corrected chi connectivity index (χ4v) is 3.24. The van der Waals surface area contributed by atoms with Crippen molar-refractivity contribution in [2.45, 2.75) is 44.2 Å². The fourth-order valence-electron chi connectivity index (χ4n) is 3.24. The molecule has 17 heavy (non-hydrogen) atoms. The maximum absolute atomic E-state index is 4.04. The van der Waals surface area contributed by atoms with Crippen molar-refractivity contribution in [2.75, 3.05) is 19.6 Å². The van der Waals surface area contributed by atoms with Crippen molar-refractivity contribution in [1.29, 1.82) is 0 Å². The van der Waals surface area contributed by atoms with E-state index in [9.17, 15) is 0 Å². The molecular formula is C13H22N4. The molecule has 2 N–H and O–H groups in total. The van der Waals surface area contributed by atoms with Gasteiger partial charge in [0.1, 0.15) is 0 Å². The minimum absolute atomic E-state index is 0.734. The first-order chi connectivity index (χ1) is 8.42. The lowest BCUT2D eigenvalue weighted by atomic mass is 9.97. The average Bonchev–Trinajstić information content (AvgIpc) is 2.98. The summed E-state index contributed by atoms with van der Waals surface area (Å²) in [6.07, 6.45) is 10.2. The van der Waals surface area contributed by atoms with Crippen LogP contribution in [0.3, 0.4) is 0 Å². The summed E-state index contributed by atoms with van der Waals surface area (Å²) in [5.74, 6) is 0. The van der Waals surface area contributed by atoms with Crippen LogP contribution in [-0.4, -0.2) is 46.6 Å². The largest absolute Gasteiger partial charge is 0.348 e. The standard InChI is InChI=1S/C13H22N4/c1-2-13-8-11(4-7-17(13)6-1)15-5-3-12-9-14-10-16-12/h9-11,13,15H,1-8H2,(H,14,16). The van der Waals surface area contributed by atoms with Gasteiger partial charge < -0.3 is 15.2 Å². The Kier molecular flexibility index (Phi) is 3.43. The van der Waals surface area contributed by atoms with Crippen LogP contribution in [0.25, 0.3) is 0 Å². The Balaban J connectivity index is 1.40. The molecule has 1 aromatic heterocycles. The lowest BCUT2D eigenvalue weighted by Crippen LogP contribution is -2.46. The van der Waals surface area contributed by atoms with Crippen molar-refractivity contribution in [2.24, 2.45) is 0 Å². The van der Waals surface area contributed by atoms with Crippen LogP contribution >= 0.6 is 0 Å². The lowest BCUT2D eigenvalue weighted by Gasteiger charge is -2.35. The third-order valence-electron chi connectivity index (χ3n) is 4.20. The van der Waals surface area contributed by atoms with Gasteiger partial charge in [0.2, 0.25) is 0 Å². The molecule has 4 heteroatoms. The second-order valence-corrected chi connectivity index (χ2v) is 5.33. The Morgan fingerprint density at radius 2 is 2.41 bits per heavy atom. The number of hydrogen-bond acceptors (Lipinski definition) is 3. The van der Waals surface area contributed by atoms with Gasteiger partial charge >= 0.3 is 0 Å². The Labute approximate surface area is 103 Å². The third kappa shape index (κ3) is 2.69. The maximum Gasteiger partial charge on any atom is 0.0921 e. The molecule has 1 aromatic rings. The highest BCUT2D eigenvalue weighted by atomic mass is 15.2. The van der Waals surface area contributed by atoms with E-state index in [1.165, 1.54) is 44.5 Å². The van der Waals surface area contributed by atoms with E-state index in [4.69, 9.17) is 0 Å². The van der Waals surface area contributed by atoms with Crippen LogP contribution < -0.4 is 5.32 Å². The van der Waals surface area contributed by atoms with Crippen LogP contribution in [0, 0.1) is 0 Å². The van der Waals surface area contributed by atoms with E-state index in [0.29, 0.717) is 0 Å². The van der Waals surface area contributed by atoms with E-state index < -0.39 is 0 Å². The molecule has 0 amide bonds. The van der Waals surface area contributed by atoms with Gasteiger partial charge in [0, 0.05) is 36.9 Å². The van der Waals surface area contributed by atoms with Crippen LogP contribution in [0.4, 0.5) is 0 Å². The first-order valence-electron chi connectivity index (χ1n) is 6.86. The van der Waals surface area contributed by atoms with Crippen molar-refractivity contribution in [3.8, 4) is 0 Å². The van der Waals surface area contributed by atoms with E-state index in [2.05, 4.69) is 20.2 Å². The molecule has 2 atom stereocenters. The average molecular weight is 234 g/mol. The zero-order chi connectivity index (χ0) is 11.5. The van der Waals surface area contributed by atoms with Gasteiger partial charge in [-0.3, -0.25) is 0 Å². The SMILES string of the molecule is c1ncc(CCNC2CCN3CCCC3C2)[nH]1. The molecule has 94 valence electrons. The topological polar surface area (TPSA) is 44.0 Å². The van der Waals surface area contributed by atoms with E-state index in [-0.39, 0.29) is 0 Å². The smallest absolute Gasteiger partial charge is 0.0921 e. The van der Waals surface area contributed by atoms with Gasteiger partial charge in [-0.05, 0) is 38.8 Å². The zero-order valence-electron chi connectivity index (χ0n) is 10.4. The molecule has 4 nitrogen and oxygen atoms in total. The molecule has 2 fully saturated rings. The summed E-state index contributed by atoms with van der Waals surface area (Å²) in [4.78, 5) is 9.87. The fraction of sp³-hybridized carbons (Fsp3) is 0.769. The molecule has 2 unspecified atom stereocenters. The number of aromatic nitrogens is 2. The molecule has 2 aliphatic heterocycles. The quantitative estimate of drug-likeness (QED) is 0.822. The van der Waals surface area contributed by atoms with E-state index >= 15 is 0 Å². The summed E-state index contributed by atoms with van der Waals surface area (Å²) in [6.45, 7) is 3.71. The van der Waals surface area contributed by atoms with Gasteiger partial charge in [-0.25, -0.2) is 4.98 Å². The second kappa shape index (κ2) is 5.19. The Bertz CT molecular complexity index is 335. The van der Waals surface area contributed by atoms with E-state index in [1.54, 1.807) is 6.33 Å².